The molecule has 1 N–H and O–H groups in total. The van der Waals surface area contributed by atoms with Crippen LogP contribution in [0.5, 0.6) is 6.01 Å². The van der Waals surface area contributed by atoms with Crippen molar-refractivity contribution < 1.29 is 13.9 Å². The molecule has 4 rings (SSSR count). The molecule has 2 aromatic heterocycles. The minimum atomic E-state index is -0.921. The molecule has 0 spiro atoms. The predicted molar refractivity (Wildman–Crippen MR) is 111 cm³/mol. The van der Waals surface area contributed by atoms with Crippen LogP contribution < -0.4 is 10.1 Å². The number of methoxy groups -OCH3 is 1. The van der Waals surface area contributed by atoms with E-state index in [0.717, 1.165) is 35.0 Å². The molecule has 0 aliphatic carbocycles. The fraction of sp³-hybridized carbons (Fsp3) is 0.429. The Kier molecular flexibility index (Phi) is 5.38. The molecule has 1 aliphatic rings. The van der Waals surface area contributed by atoms with Crippen molar-refractivity contribution in [2.75, 3.05) is 34.3 Å². The minimum Gasteiger partial charge on any atom is -0.467 e. The number of rotatable bonds is 4. The van der Waals surface area contributed by atoms with Gasteiger partial charge in [0.15, 0.2) is 5.82 Å². The van der Waals surface area contributed by atoms with E-state index in [0.29, 0.717) is 12.4 Å². The maximum absolute atomic E-state index is 14.8. The van der Waals surface area contributed by atoms with Crippen molar-refractivity contribution >= 4 is 16.8 Å². The van der Waals surface area contributed by atoms with Gasteiger partial charge in [-0.25, -0.2) is 9.07 Å². The molecule has 1 aliphatic heterocycles. The number of nitrogens with one attached hydrogen (secondary N) is 1. The van der Waals surface area contributed by atoms with Crippen molar-refractivity contribution in [3.8, 4) is 11.8 Å². The Morgan fingerprint density at radius 1 is 1.30 bits per heavy atom. The first-order valence-electron chi connectivity index (χ1n) is 9.87. The standard InChI is InChI=1S/C21H25FN6O2/c1-12-7-13-10-24-28(19-9-17(20(29)23-2)25-21(26-19)30-4)18(13)8-15(12)14-5-6-27(3)11-16(14)22/h7-10,14,16H,5-6,11H2,1-4H3,(H,23,29)/t14-,16-/m0/s1. The number of fused-ring (bicyclic) bond motifs is 1. The molecule has 0 unspecified atom stereocenters. The number of alkyl halides is 1. The van der Waals surface area contributed by atoms with Gasteiger partial charge in [0.25, 0.3) is 5.91 Å². The topological polar surface area (TPSA) is 85.2 Å². The van der Waals surface area contributed by atoms with E-state index in [9.17, 15) is 9.18 Å². The van der Waals surface area contributed by atoms with Crippen LogP contribution in [0, 0.1) is 6.92 Å². The van der Waals surface area contributed by atoms with Gasteiger partial charge < -0.3 is 15.0 Å². The van der Waals surface area contributed by atoms with E-state index in [4.69, 9.17) is 4.74 Å². The number of nitrogens with zero attached hydrogens (tertiary/aromatic N) is 5. The van der Waals surface area contributed by atoms with Crippen LogP contribution in [0.15, 0.2) is 24.4 Å². The summed E-state index contributed by atoms with van der Waals surface area (Å²) in [5, 5.41) is 7.93. The van der Waals surface area contributed by atoms with Crippen LogP contribution in [0.4, 0.5) is 4.39 Å². The van der Waals surface area contributed by atoms with E-state index in [1.54, 1.807) is 16.9 Å². The molecule has 9 heteroatoms. The second kappa shape index (κ2) is 7.98. The Hall–Kier alpha value is -3.07. The summed E-state index contributed by atoms with van der Waals surface area (Å²) < 4.78 is 21.6. The number of benzene rings is 1. The van der Waals surface area contributed by atoms with Crippen LogP contribution in [-0.2, 0) is 0 Å². The van der Waals surface area contributed by atoms with Gasteiger partial charge in [0.2, 0.25) is 0 Å². The van der Waals surface area contributed by atoms with Crippen LogP contribution in [0.2, 0.25) is 0 Å². The van der Waals surface area contributed by atoms with Crippen LogP contribution in [0.25, 0.3) is 16.7 Å². The van der Waals surface area contributed by atoms with E-state index < -0.39 is 6.17 Å². The van der Waals surface area contributed by atoms with Gasteiger partial charge in [-0.1, -0.05) is 0 Å². The molecule has 1 fully saturated rings. The van der Waals surface area contributed by atoms with Crippen LogP contribution in [-0.4, -0.2) is 71.0 Å². The van der Waals surface area contributed by atoms with Crippen molar-refractivity contribution in [2.24, 2.45) is 0 Å². The zero-order valence-corrected chi connectivity index (χ0v) is 17.5. The summed E-state index contributed by atoms with van der Waals surface area (Å²) in [7, 11) is 4.92. The number of hydrogen-bond donors (Lipinski definition) is 1. The number of carbonyl (C=O) groups excluding carboxylic acids is 1. The van der Waals surface area contributed by atoms with Gasteiger partial charge in [-0.3, -0.25) is 4.79 Å². The van der Waals surface area contributed by atoms with Gasteiger partial charge in [0.05, 0.1) is 18.8 Å². The average Bonchev–Trinajstić information content (AvgIpc) is 3.15. The highest BCUT2D eigenvalue weighted by Crippen LogP contribution is 2.34. The van der Waals surface area contributed by atoms with E-state index in [1.165, 1.54) is 14.2 Å². The molecule has 8 nitrogen and oxygen atoms in total. The molecule has 158 valence electrons. The number of amides is 1. The smallest absolute Gasteiger partial charge is 0.318 e. The predicted octanol–water partition coefficient (Wildman–Crippen LogP) is 2.25. The third-order valence-electron chi connectivity index (χ3n) is 5.65. The maximum atomic E-state index is 14.8. The molecule has 1 saturated heterocycles. The van der Waals surface area contributed by atoms with Crippen molar-refractivity contribution in [3.05, 3.63) is 41.2 Å². The Bertz CT molecular complexity index is 1100. The SMILES string of the molecule is CNC(=O)c1cc(-n2ncc3cc(C)c([C@@H]4CCN(C)C[C@@H]4F)cc32)nc(OC)n1. The molecular weight excluding hydrogens is 387 g/mol. The summed E-state index contributed by atoms with van der Waals surface area (Å²) in [6.07, 6.45) is 1.58. The lowest BCUT2D eigenvalue weighted by atomic mass is 9.85. The summed E-state index contributed by atoms with van der Waals surface area (Å²) >= 11 is 0. The summed E-state index contributed by atoms with van der Waals surface area (Å²) in [6.45, 7) is 3.30. The zero-order valence-electron chi connectivity index (χ0n) is 17.5. The Balaban J connectivity index is 1.82. The number of piperidine rings is 1. The monoisotopic (exact) mass is 412 g/mol. The third kappa shape index (κ3) is 3.60. The summed E-state index contributed by atoms with van der Waals surface area (Å²) in [5.74, 6) is -0.0997. The quantitative estimate of drug-likeness (QED) is 0.708. The molecule has 2 atom stereocenters. The first-order chi connectivity index (χ1) is 14.4. The summed E-state index contributed by atoms with van der Waals surface area (Å²) in [4.78, 5) is 22.6. The van der Waals surface area contributed by atoms with E-state index in [-0.39, 0.29) is 23.5 Å². The first-order valence-corrected chi connectivity index (χ1v) is 9.87. The largest absolute Gasteiger partial charge is 0.467 e. The summed E-state index contributed by atoms with van der Waals surface area (Å²) in [6, 6.07) is 5.65. The van der Waals surface area contributed by atoms with Gasteiger partial charge in [-0.2, -0.15) is 15.1 Å². The molecule has 3 heterocycles. The highest BCUT2D eigenvalue weighted by molar-refractivity contribution is 5.92. The Morgan fingerprint density at radius 3 is 2.80 bits per heavy atom. The Morgan fingerprint density at radius 2 is 2.10 bits per heavy atom. The van der Waals surface area contributed by atoms with Crippen LogP contribution in [0.3, 0.4) is 0 Å². The number of hydrogen-bond acceptors (Lipinski definition) is 6. The molecule has 0 saturated carbocycles. The molecule has 3 aromatic rings. The van der Waals surface area contributed by atoms with Crippen LogP contribution >= 0.6 is 0 Å². The fourth-order valence-electron chi connectivity index (χ4n) is 4.05. The van der Waals surface area contributed by atoms with Crippen molar-refractivity contribution in [1.82, 2.24) is 30.0 Å². The minimum absolute atomic E-state index is 0.0706. The van der Waals surface area contributed by atoms with Crippen molar-refractivity contribution in [3.63, 3.8) is 0 Å². The van der Waals surface area contributed by atoms with E-state index in [1.807, 2.05) is 31.0 Å². The molecule has 1 aromatic carbocycles. The van der Waals surface area contributed by atoms with Gasteiger partial charge in [0, 0.05) is 31.0 Å². The zero-order chi connectivity index (χ0) is 21.4. The van der Waals surface area contributed by atoms with Gasteiger partial charge in [-0.15, -0.1) is 0 Å². The highest BCUT2D eigenvalue weighted by Gasteiger charge is 2.30. The molecule has 1 amide bonds. The van der Waals surface area contributed by atoms with Gasteiger partial charge >= 0.3 is 6.01 Å². The molecule has 30 heavy (non-hydrogen) atoms. The van der Waals surface area contributed by atoms with E-state index >= 15 is 0 Å². The Labute approximate surface area is 174 Å². The number of aryl methyl sites for hydroxylation is 1. The number of ether oxygens (including phenoxy) is 1. The fourth-order valence-corrected chi connectivity index (χ4v) is 4.05. The third-order valence-corrected chi connectivity index (χ3v) is 5.65. The van der Waals surface area contributed by atoms with Crippen molar-refractivity contribution in [1.29, 1.82) is 0 Å². The lowest BCUT2D eigenvalue weighted by Gasteiger charge is -2.33. The van der Waals surface area contributed by atoms with Gasteiger partial charge in [-0.05, 0) is 50.2 Å². The van der Waals surface area contributed by atoms with Crippen LogP contribution in [0.1, 0.15) is 34.0 Å². The molecule has 0 bridgehead atoms. The first kappa shape index (κ1) is 20.2. The lowest BCUT2D eigenvalue weighted by molar-refractivity contribution is 0.0957. The van der Waals surface area contributed by atoms with Gasteiger partial charge in [0.1, 0.15) is 11.9 Å². The number of likely N-dealkylation sites (tertiary alicyclic amines) is 1. The maximum Gasteiger partial charge on any atom is 0.318 e. The highest BCUT2D eigenvalue weighted by atomic mass is 19.1. The molecular formula is C21H25FN6O2. The van der Waals surface area contributed by atoms with E-state index in [2.05, 4.69) is 20.4 Å². The normalized spacial score (nSPS) is 19.8. The number of halogens is 1. The average molecular weight is 412 g/mol. The number of aromatic nitrogens is 4. The second-order valence-electron chi connectivity index (χ2n) is 7.67. The lowest BCUT2D eigenvalue weighted by Crippen LogP contribution is -2.38. The molecule has 0 radical (unpaired) electrons. The van der Waals surface area contributed by atoms with Crippen molar-refractivity contribution in [2.45, 2.75) is 25.4 Å². The summed E-state index contributed by atoms with van der Waals surface area (Å²) in [5.41, 5.74) is 3.00. The number of carbonyl (C=O) groups is 1. The second-order valence-corrected chi connectivity index (χ2v) is 7.67.